The van der Waals surface area contributed by atoms with Crippen LogP contribution in [-0.4, -0.2) is 14.3 Å². The van der Waals surface area contributed by atoms with E-state index in [1.807, 2.05) is 17.8 Å². The third-order valence-electron chi connectivity index (χ3n) is 3.05. The van der Waals surface area contributed by atoms with Gasteiger partial charge in [0.15, 0.2) is 0 Å². The number of hydrogen-bond acceptors (Lipinski definition) is 3. The van der Waals surface area contributed by atoms with Crippen LogP contribution in [0.15, 0.2) is 47.4 Å². The molecule has 0 aliphatic rings. The number of hydrazine groups is 1. The highest BCUT2D eigenvalue weighted by Gasteiger charge is 2.16. The lowest BCUT2D eigenvalue weighted by Crippen LogP contribution is -2.41. The van der Waals surface area contributed by atoms with Crippen LogP contribution in [0.3, 0.4) is 0 Å². The number of hydrogen-bond donors (Lipinski definition) is 2. The Morgan fingerprint density at radius 1 is 1.05 bits per heavy atom. The zero-order chi connectivity index (χ0) is 16.3. The molecule has 0 atom stereocenters. The first-order valence-electron chi connectivity index (χ1n) is 6.44. The van der Waals surface area contributed by atoms with Crippen molar-refractivity contribution in [3.63, 3.8) is 0 Å². The number of sulfonamides is 1. The Labute approximate surface area is 128 Å². The van der Waals surface area contributed by atoms with Crippen LogP contribution in [0.4, 0.5) is 4.39 Å². The van der Waals surface area contributed by atoms with Crippen molar-refractivity contribution in [2.24, 2.45) is 0 Å². The molecule has 0 saturated carbocycles. The van der Waals surface area contributed by atoms with Crippen LogP contribution in [0.5, 0.6) is 0 Å². The van der Waals surface area contributed by atoms with Crippen molar-refractivity contribution in [3.8, 4) is 0 Å². The van der Waals surface area contributed by atoms with Gasteiger partial charge in [-0.25, -0.2) is 12.8 Å². The molecule has 22 heavy (non-hydrogen) atoms. The van der Waals surface area contributed by atoms with Gasteiger partial charge in [-0.2, -0.15) is 0 Å². The van der Waals surface area contributed by atoms with Gasteiger partial charge in [-0.1, -0.05) is 17.7 Å². The van der Waals surface area contributed by atoms with Crippen LogP contribution in [0.25, 0.3) is 0 Å². The molecule has 1 amide bonds. The van der Waals surface area contributed by atoms with Gasteiger partial charge in [-0.05, 0) is 49.7 Å². The van der Waals surface area contributed by atoms with Gasteiger partial charge in [-0.3, -0.25) is 10.2 Å². The van der Waals surface area contributed by atoms with Gasteiger partial charge in [0.2, 0.25) is 0 Å². The fourth-order valence-corrected chi connectivity index (χ4v) is 2.76. The summed E-state index contributed by atoms with van der Waals surface area (Å²) in [7, 11) is -3.95. The molecule has 0 bridgehead atoms. The Balaban J connectivity index is 2.11. The zero-order valence-electron chi connectivity index (χ0n) is 12.1. The molecular formula is C15H15FN2O3S. The molecule has 0 fully saturated rings. The van der Waals surface area contributed by atoms with E-state index in [0.717, 1.165) is 35.4 Å². The number of carbonyl (C=O) groups excluding carboxylic acids is 1. The highest BCUT2D eigenvalue weighted by molar-refractivity contribution is 7.89. The maximum absolute atomic E-state index is 12.8. The first-order chi connectivity index (χ1) is 10.3. The second kappa shape index (κ2) is 6.25. The number of rotatable bonds is 4. The summed E-state index contributed by atoms with van der Waals surface area (Å²) in [5, 5.41) is 0. The Hall–Kier alpha value is -2.25. The van der Waals surface area contributed by atoms with Crippen LogP contribution in [0, 0.1) is 19.7 Å². The van der Waals surface area contributed by atoms with E-state index in [9.17, 15) is 17.6 Å². The van der Waals surface area contributed by atoms with Crippen molar-refractivity contribution >= 4 is 15.9 Å². The molecule has 0 radical (unpaired) electrons. The van der Waals surface area contributed by atoms with E-state index in [1.165, 1.54) is 0 Å². The van der Waals surface area contributed by atoms with E-state index in [2.05, 4.69) is 5.43 Å². The number of nitrogens with one attached hydrogen (secondary N) is 2. The van der Waals surface area contributed by atoms with Gasteiger partial charge in [0.05, 0.1) is 4.90 Å². The minimum atomic E-state index is -3.95. The molecular weight excluding hydrogens is 307 g/mol. The molecule has 0 heterocycles. The predicted octanol–water partition coefficient (Wildman–Crippen LogP) is 2.07. The molecule has 2 N–H and O–H groups in total. The average Bonchev–Trinajstić information content (AvgIpc) is 2.45. The molecule has 2 aromatic rings. The van der Waals surface area contributed by atoms with E-state index >= 15 is 0 Å². The van der Waals surface area contributed by atoms with Gasteiger partial charge in [0.25, 0.3) is 15.9 Å². The topological polar surface area (TPSA) is 75.3 Å². The fourth-order valence-electron chi connectivity index (χ4n) is 1.92. The summed E-state index contributed by atoms with van der Waals surface area (Å²) < 4.78 is 36.7. The van der Waals surface area contributed by atoms with Crippen LogP contribution < -0.4 is 10.3 Å². The highest BCUT2D eigenvalue weighted by atomic mass is 32.2. The third-order valence-corrected chi connectivity index (χ3v) is 4.31. The average molecular weight is 322 g/mol. The van der Waals surface area contributed by atoms with Gasteiger partial charge in [-0.15, -0.1) is 4.83 Å². The van der Waals surface area contributed by atoms with Crippen molar-refractivity contribution in [1.82, 2.24) is 10.3 Å². The van der Waals surface area contributed by atoms with E-state index in [4.69, 9.17) is 0 Å². The second-order valence-corrected chi connectivity index (χ2v) is 6.51. The molecule has 2 rings (SSSR count). The highest BCUT2D eigenvalue weighted by Crippen LogP contribution is 2.11. The summed E-state index contributed by atoms with van der Waals surface area (Å²) in [4.78, 5) is 13.9. The standard InChI is InChI=1S/C15H15FN2O3S/c1-10-3-8-14(11(2)9-10)15(19)17-18-22(20,21)13-6-4-12(16)5-7-13/h3-9,18H,1-2H3,(H,17,19). The molecule has 0 aliphatic carbocycles. The van der Waals surface area contributed by atoms with Crippen LogP contribution >= 0.6 is 0 Å². The molecule has 5 nitrogen and oxygen atoms in total. The molecule has 2 aromatic carbocycles. The SMILES string of the molecule is Cc1ccc(C(=O)NNS(=O)(=O)c2ccc(F)cc2)c(C)c1. The Bertz CT molecular complexity index is 802. The maximum Gasteiger partial charge on any atom is 0.266 e. The molecule has 0 aromatic heterocycles. The van der Waals surface area contributed by atoms with Gasteiger partial charge in [0.1, 0.15) is 5.82 Å². The summed E-state index contributed by atoms with van der Waals surface area (Å²) in [6.45, 7) is 3.66. The van der Waals surface area contributed by atoms with Crippen molar-refractivity contribution in [2.45, 2.75) is 18.7 Å². The molecule has 7 heteroatoms. The van der Waals surface area contributed by atoms with Gasteiger partial charge in [0, 0.05) is 5.56 Å². The van der Waals surface area contributed by atoms with Gasteiger partial charge < -0.3 is 0 Å². The van der Waals surface area contributed by atoms with Crippen molar-refractivity contribution in [2.75, 3.05) is 0 Å². The Morgan fingerprint density at radius 2 is 1.68 bits per heavy atom. The van der Waals surface area contributed by atoms with E-state index in [-0.39, 0.29) is 4.90 Å². The summed E-state index contributed by atoms with van der Waals surface area (Å²) in [5.74, 6) is -1.11. The van der Waals surface area contributed by atoms with Crippen LogP contribution in [0.1, 0.15) is 21.5 Å². The molecule has 0 saturated heterocycles. The van der Waals surface area contributed by atoms with Crippen molar-refractivity contribution < 1.29 is 17.6 Å². The Morgan fingerprint density at radius 3 is 2.27 bits per heavy atom. The summed E-state index contributed by atoms with van der Waals surface area (Å²) in [6, 6.07) is 9.48. The smallest absolute Gasteiger partial charge is 0.266 e. The normalized spacial score (nSPS) is 11.2. The minimum Gasteiger partial charge on any atom is -0.273 e. The number of amides is 1. The largest absolute Gasteiger partial charge is 0.273 e. The molecule has 116 valence electrons. The summed E-state index contributed by atoms with van der Waals surface area (Å²) in [6.07, 6.45) is 0. The van der Waals surface area contributed by atoms with Crippen LogP contribution in [-0.2, 0) is 10.0 Å². The lowest BCUT2D eigenvalue weighted by molar-refractivity contribution is 0.0944. The number of benzene rings is 2. The zero-order valence-corrected chi connectivity index (χ0v) is 12.9. The monoisotopic (exact) mass is 322 g/mol. The predicted molar refractivity (Wildman–Crippen MR) is 80.1 cm³/mol. The number of aryl methyl sites for hydroxylation is 2. The first kappa shape index (κ1) is 16.1. The minimum absolute atomic E-state index is 0.144. The van der Waals surface area contributed by atoms with E-state index in [1.54, 1.807) is 19.1 Å². The third kappa shape index (κ3) is 3.69. The summed E-state index contributed by atoms with van der Waals surface area (Å²) >= 11 is 0. The maximum atomic E-state index is 12.8. The van der Waals surface area contributed by atoms with Crippen molar-refractivity contribution in [1.29, 1.82) is 0 Å². The number of halogens is 1. The van der Waals surface area contributed by atoms with Crippen LogP contribution in [0.2, 0.25) is 0 Å². The summed E-state index contributed by atoms with van der Waals surface area (Å²) in [5.41, 5.74) is 4.25. The quantitative estimate of drug-likeness (QED) is 0.846. The van der Waals surface area contributed by atoms with E-state index < -0.39 is 21.7 Å². The Kier molecular flexibility index (Phi) is 4.58. The van der Waals surface area contributed by atoms with E-state index in [0.29, 0.717) is 5.56 Å². The lowest BCUT2D eigenvalue weighted by atomic mass is 10.1. The molecule has 0 unspecified atom stereocenters. The number of carbonyl (C=O) groups is 1. The lowest BCUT2D eigenvalue weighted by Gasteiger charge is -2.10. The molecule has 0 aliphatic heterocycles. The fraction of sp³-hybridized carbons (Fsp3) is 0.133. The van der Waals surface area contributed by atoms with Crippen molar-refractivity contribution in [3.05, 3.63) is 65.0 Å². The second-order valence-electron chi connectivity index (χ2n) is 4.83. The van der Waals surface area contributed by atoms with Gasteiger partial charge >= 0.3 is 0 Å². The first-order valence-corrected chi connectivity index (χ1v) is 7.93. The molecule has 0 spiro atoms.